The Hall–Kier alpha value is -0.280. The molecule has 2 unspecified atom stereocenters. The molecule has 0 saturated carbocycles. The zero-order valence-corrected chi connectivity index (χ0v) is 5.93. The first-order valence-corrected chi connectivity index (χ1v) is 3.17. The highest BCUT2D eigenvalue weighted by Gasteiger charge is 2.18. The van der Waals surface area contributed by atoms with Crippen molar-refractivity contribution in [2.75, 3.05) is 5.88 Å². The summed E-state index contributed by atoms with van der Waals surface area (Å²) in [5.74, 6) is -0.875. The third-order valence-corrected chi connectivity index (χ3v) is 1.63. The van der Waals surface area contributed by atoms with Crippen LogP contribution in [0.4, 0.5) is 0 Å². The highest BCUT2D eigenvalue weighted by molar-refractivity contribution is 6.18. The van der Waals surface area contributed by atoms with Gasteiger partial charge in [0.25, 0.3) is 0 Å². The minimum Gasteiger partial charge on any atom is -0.480 e. The van der Waals surface area contributed by atoms with E-state index in [0.29, 0.717) is 0 Å². The lowest BCUT2D eigenvalue weighted by atomic mass is 10.1. The van der Waals surface area contributed by atoms with Gasteiger partial charge < -0.3 is 10.8 Å². The fourth-order valence-electron chi connectivity index (χ4n) is 0.339. The number of nitrogens with two attached hydrogens (primary N) is 1. The highest BCUT2D eigenvalue weighted by Crippen LogP contribution is 2.01. The van der Waals surface area contributed by atoms with Crippen LogP contribution in [0.1, 0.15) is 6.92 Å². The van der Waals surface area contributed by atoms with Gasteiger partial charge in [-0.2, -0.15) is 0 Å². The van der Waals surface area contributed by atoms with Crippen LogP contribution in [0.15, 0.2) is 0 Å². The number of hydrogen-bond donors (Lipinski definition) is 2. The van der Waals surface area contributed by atoms with E-state index >= 15 is 0 Å². The van der Waals surface area contributed by atoms with Crippen molar-refractivity contribution >= 4 is 17.6 Å². The molecule has 0 aromatic rings. The van der Waals surface area contributed by atoms with Crippen LogP contribution in [-0.2, 0) is 4.79 Å². The predicted molar refractivity (Wildman–Crippen MR) is 35.5 cm³/mol. The van der Waals surface area contributed by atoms with Gasteiger partial charge in [-0.3, -0.25) is 4.79 Å². The maximum atomic E-state index is 10.1. The van der Waals surface area contributed by atoms with Crippen LogP contribution in [0.3, 0.4) is 0 Å². The van der Waals surface area contributed by atoms with Gasteiger partial charge in [0.05, 0.1) is 0 Å². The molecule has 0 aromatic carbocycles. The molecule has 0 bridgehead atoms. The maximum Gasteiger partial charge on any atom is 0.320 e. The number of rotatable bonds is 3. The van der Waals surface area contributed by atoms with Crippen LogP contribution >= 0.6 is 11.6 Å². The van der Waals surface area contributed by atoms with Gasteiger partial charge in [0.15, 0.2) is 0 Å². The van der Waals surface area contributed by atoms with Crippen molar-refractivity contribution in [1.82, 2.24) is 0 Å². The quantitative estimate of drug-likeness (QED) is 0.570. The van der Waals surface area contributed by atoms with Crippen LogP contribution in [0.2, 0.25) is 0 Å². The third-order valence-electron chi connectivity index (χ3n) is 1.14. The average Bonchev–Trinajstić information content (AvgIpc) is 1.84. The largest absolute Gasteiger partial charge is 0.480 e. The van der Waals surface area contributed by atoms with E-state index in [2.05, 4.69) is 0 Å². The fourth-order valence-corrected chi connectivity index (χ4v) is 0.531. The van der Waals surface area contributed by atoms with E-state index in [0.717, 1.165) is 0 Å². The van der Waals surface area contributed by atoms with Crippen LogP contribution in [0.5, 0.6) is 0 Å². The van der Waals surface area contributed by atoms with Crippen LogP contribution in [-0.4, -0.2) is 23.0 Å². The molecule has 0 aliphatic rings. The molecule has 0 saturated heterocycles. The van der Waals surface area contributed by atoms with E-state index in [9.17, 15) is 4.79 Å². The van der Waals surface area contributed by atoms with E-state index in [-0.39, 0.29) is 11.8 Å². The molecular formula is C5H10ClNO2. The zero-order valence-electron chi connectivity index (χ0n) is 5.17. The molecule has 0 radical (unpaired) electrons. The Kier molecular flexibility index (Phi) is 3.58. The molecule has 0 heterocycles. The molecule has 0 aromatic heterocycles. The summed E-state index contributed by atoms with van der Waals surface area (Å²) in [5.41, 5.74) is 5.19. The van der Waals surface area contributed by atoms with E-state index < -0.39 is 12.0 Å². The molecule has 0 amide bonds. The maximum absolute atomic E-state index is 10.1. The van der Waals surface area contributed by atoms with Gasteiger partial charge in [-0.25, -0.2) is 0 Å². The summed E-state index contributed by atoms with van der Waals surface area (Å²) < 4.78 is 0. The smallest absolute Gasteiger partial charge is 0.320 e. The van der Waals surface area contributed by atoms with Crippen LogP contribution in [0.25, 0.3) is 0 Å². The van der Waals surface area contributed by atoms with Gasteiger partial charge in [-0.1, -0.05) is 6.92 Å². The lowest BCUT2D eigenvalue weighted by molar-refractivity contribution is -0.139. The van der Waals surface area contributed by atoms with Gasteiger partial charge in [-0.05, 0) is 5.92 Å². The summed E-state index contributed by atoms with van der Waals surface area (Å²) >= 11 is 5.35. The molecule has 0 aliphatic heterocycles. The summed E-state index contributed by atoms with van der Waals surface area (Å²) in [6.07, 6.45) is 0. The van der Waals surface area contributed by atoms with E-state index in [1.807, 2.05) is 0 Å². The number of hydrogen-bond acceptors (Lipinski definition) is 2. The second-order valence-electron chi connectivity index (χ2n) is 2.00. The normalized spacial score (nSPS) is 16.8. The first-order chi connectivity index (χ1) is 4.09. The molecule has 4 heteroatoms. The van der Waals surface area contributed by atoms with Gasteiger partial charge in [0, 0.05) is 5.88 Å². The SMILES string of the molecule is CC(CCl)C(N)C(=O)O. The molecule has 2 atom stereocenters. The number of carbonyl (C=O) groups is 1. The van der Waals surface area contributed by atoms with Crippen molar-refractivity contribution in [3.05, 3.63) is 0 Å². The van der Waals surface area contributed by atoms with Crippen molar-refractivity contribution in [1.29, 1.82) is 0 Å². The number of aliphatic carboxylic acids is 1. The Morgan fingerprint density at radius 2 is 2.33 bits per heavy atom. The van der Waals surface area contributed by atoms with Crippen molar-refractivity contribution in [3.63, 3.8) is 0 Å². The minimum atomic E-state index is -0.997. The Balaban J connectivity index is 3.72. The molecule has 0 fully saturated rings. The molecule has 3 N–H and O–H groups in total. The lowest BCUT2D eigenvalue weighted by Gasteiger charge is -2.10. The van der Waals surface area contributed by atoms with Crippen LogP contribution in [0, 0.1) is 5.92 Å². The summed E-state index contributed by atoms with van der Waals surface area (Å²) in [6, 6.07) is -0.831. The Morgan fingerprint density at radius 1 is 1.89 bits per heavy atom. The van der Waals surface area contributed by atoms with E-state index in [1.165, 1.54) is 0 Å². The lowest BCUT2D eigenvalue weighted by Crippen LogP contribution is -2.37. The first kappa shape index (κ1) is 8.72. The number of carboxylic acid groups (broad SMARTS) is 1. The number of alkyl halides is 1. The first-order valence-electron chi connectivity index (χ1n) is 2.64. The summed E-state index contributed by atoms with van der Waals surface area (Å²) in [6.45, 7) is 1.70. The molecule has 3 nitrogen and oxygen atoms in total. The molecule has 9 heavy (non-hydrogen) atoms. The van der Waals surface area contributed by atoms with Gasteiger partial charge in [0.2, 0.25) is 0 Å². The van der Waals surface area contributed by atoms with Crippen molar-refractivity contribution in [3.8, 4) is 0 Å². The minimum absolute atomic E-state index is 0.163. The van der Waals surface area contributed by atoms with Crippen LogP contribution < -0.4 is 5.73 Å². The Bertz CT molecular complexity index is 107. The number of carboxylic acids is 1. The molecule has 0 spiro atoms. The highest BCUT2D eigenvalue weighted by atomic mass is 35.5. The molecule has 54 valence electrons. The van der Waals surface area contributed by atoms with Gasteiger partial charge >= 0.3 is 5.97 Å². The molecular weight excluding hydrogens is 142 g/mol. The average molecular weight is 152 g/mol. The van der Waals surface area contributed by atoms with E-state index in [1.54, 1.807) is 6.92 Å². The standard InChI is InChI=1S/C5H10ClNO2/c1-3(2-6)4(7)5(8)9/h3-4H,2,7H2,1H3,(H,8,9). The summed E-state index contributed by atoms with van der Waals surface area (Å²) in [5, 5.41) is 8.30. The van der Waals surface area contributed by atoms with E-state index in [4.69, 9.17) is 22.4 Å². The topological polar surface area (TPSA) is 63.3 Å². The third kappa shape index (κ3) is 2.67. The zero-order chi connectivity index (χ0) is 7.44. The second-order valence-corrected chi connectivity index (χ2v) is 2.30. The number of halogens is 1. The Labute approximate surface area is 58.8 Å². The summed E-state index contributed by atoms with van der Waals surface area (Å²) in [4.78, 5) is 10.1. The van der Waals surface area contributed by atoms with Gasteiger partial charge in [0.1, 0.15) is 6.04 Å². The predicted octanol–water partition coefficient (Wildman–Crippen LogP) is 0.273. The Morgan fingerprint density at radius 3 is 2.44 bits per heavy atom. The molecule has 0 rings (SSSR count). The second kappa shape index (κ2) is 3.69. The summed E-state index contributed by atoms with van der Waals surface area (Å²) in [7, 11) is 0. The van der Waals surface area contributed by atoms with Crippen molar-refractivity contribution in [2.24, 2.45) is 11.7 Å². The molecule has 0 aliphatic carbocycles. The monoisotopic (exact) mass is 151 g/mol. The fraction of sp³-hybridized carbons (Fsp3) is 0.800. The van der Waals surface area contributed by atoms with Crippen molar-refractivity contribution in [2.45, 2.75) is 13.0 Å². The van der Waals surface area contributed by atoms with Crippen molar-refractivity contribution < 1.29 is 9.90 Å². The van der Waals surface area contributed by atoms with Gasteiger partial charge in [-0.15, -0.1) is 11.6 Å².